The molecule has 3 heteroatoms. The molecule has 1 aliphatic heterocycles. The standard InChI is InChI=1S/C14H19BrO2/c1-3-12-13(10(2)14(15)17-12)16-9-11-7-5-4-6-8-11/h4-8,10,12-14H,3,9H2,1-2H3/t10?,12-,13-,14+/m1/s1. The average molecular weight is 299 g/mol. The second kappa shape index (κ2) is 5.98. The van der Waals surface area contributed by atoms with Gasteiger partial charge in [-0.1, -0.05) is 60.1 Å². The lowest BCUT2D eigenvalue weighted by atomic mass is 10.0. The Bertz CT molecular complexity index is 341. The highest BCUT2D eigenvalue weighted by atomic mass is 79.9. The Morgan fingerprint density at radius 3 is 2.65 bits per heavy atom. The van der Waals surface area contributed by atoms with Crippen molar-refractivity contribution in [2.24, 2.45) is 5.92 Å². The number of alkyl halides is 1. The predicted molar refractivity (Wildman–Crippen MR) is 72.1 cm³/mol. The Labute approximate surface area is 111 Å². The molecular weight excluding hydrogens is 280 g/mol. The Morgan fingerprint density at radius 1 is 1.29 bits per heavy atom. The van der Waals surface area contributed by atoms with E-state index < -0.39 is 0 Å². The van der Waals surface area contributed by atoms with Crippen LogP contribution in [0.5, 0.6) is 0 Å². The van der Waals surface area contributed by atoms with Gasteiger partial charge >= 0.3 is 0 Å². The lowest BCUT2D eigenvalue weighted by molar-refractivity contribution is -0.0276. The Kier molecular flexibility index (Phi) is 4.60. The van der Waals surface area contributed by atoms with Crippen LogP contribution in [0, 0.1) is 5.92 Å². The third-order valence-corrected chi connectivity index (χ3v) is 4.34. The van der Waals surface area contributed by atoms with E-state index in [4.69, 9.17) is 9.47 Å². The molecule has 17 heavy (non-hydrogen) atoms. The summed E-state index contributed by atoms with van der Waals surface area (Å²) in [5.74, 6) is 0.392. The van der Waals surface area contributed by atoms with Crippen molar-refractivity contribution in [2.75, 3.05) is 0 Å². The molecule has 0 amide bonds. The molecule has 0 saturated carbocycles. The number of ether oxygens (including phenoxy) is 2. The second-order valence-corrected chi connectivity index (χ2v) is 5.46. The van der Waals surface area contributed by atoms with Crippen molar-refractivity contribution < 1.29 is 9.47 Å². The predicted octanol–water partition coefficient (Wildman–Crippen LogP) is 3.74. The van der Waals surface area contributed by atoms with Crippen molar-refractivity contribution in [1.82, 2.24) is 0 Å². The number of hydrogen-bond donors (Lipinski definition) is 0. The highest BCUT2D eigenvalue weighted by molar-refractivity contribution is 9.09. The van der Waals surface area contributed by atoms with E-state index in [0.29, 0.717) is 12.5 Å². The Morgan fingerprint density at radius 2 is 2.00 bits per heavy atom. The highest BCUT2D eigenvalue weighted by Crippen LogP contribution is 2.34. The van der Waals surface area contributed by atoms with Gasteiger partial charge in [0, 0.05) is 5.92 Å². The molecular formula is C14H19BrO2. The van der Waals surface area contributed by atoms with Crippen LogP contribution in [-0.4, -0.2) is 17.2 Å². The molecule has 0 aliphatic carbocycles. The van der Waals surface area contributed by atoms with Gasteiger partial charge in [0.25, 0.3) is 0 Å². The van der Waals surface area contributed by atoms with E-state index in [1.54, 1.807) is 0 Å². The summed E-state index contributed by atoms with van der Waals surface area (Å²) < 4.78 is 11.8. The minimum atomic E-state index is 0.119. The van der Waals surface area contributed by atoms with Crippen LogP contribution in [0.25, 0.3) is 0 Å². The lowest BCUT2D eigenvalue weighted by Crippen LogP contribution is -2.28. The van der Waals surface area contributed by atoms with Crippen LogP contribution in [0.1, 0.15) is 25.8 Å². The zero-order valence-electron chi connectivity index (χ0n) is 10.3. The molecule has 1 aromatic carbocycles. The second-order valence-electron chi connectivity index (χ2n) is 4.55. The Balaban J connectivity index is 1.93. The summed E-state index contributed by atoms with van der Waals surface area (Å²) in [6.45, 7) is 4.97. The summed E-state index contributed by atoms with van der Waals surface area (Å²) in [4.78, 5) is 0. The summed E-state index contributed by atoms with van der Waals surface area (Å²) in [6, 6.07) is 10.3. The quantitative estimate of drug-likeness (QED) is 0.789. The fraction of sp³-hybridized carbons (Fsp3) is 0.571. The first-order chi connectivity index (χ1) is 8.22. The first-order valence-electron chi connectivity index (χ1n) is 6.17. The van der Waals surface area contributed by atoms with Gasteiger partial charge < -0.3 is 9.47 Å². The molecule has 1 fully saturated rings. The van der Waals surface area contributed by atoms with Gasteiger partial charge in [-0.2, -0.15) is 0 Å². The van der Waals surface area contributed by atoms with E-state index in [1.165, 1.54) is 5.56 Å². The maximum atomic E-state index is 6.02. The summed E-state index contributed by atoms with van der Waals surface area (Å²) in [5.41, 5.74) is 1.22. The Hall–Kier alpha value is -0.380. The van der Waals surface area contributed by atoms with Crippen molar-refractivity contribution in [3.8, 4) is 0 Å². The number of rotatable bonds is 4. The van der Waals surface area contributed by atoms with Gasteiger partial charge in [-0.25, -0.2) is 0 Å². The molecule has 0 bridgehead atoms. The largest absolute Gasteiger partial charge is 0.370 e. The van der Waals surface area contributed by atoms with Gasteiger partial charge in [-0.3, -0.25) is 0 Å². The van der Waals surface area contributed by atoms with Gasteiger partial charge in [-0.05, 0) is 12.0 Å². The van der Waals surface area contributed by atoms with Crippen molar-refractivity contribution in [1.29, 1.82) is 0 Å². The molecule has 1 aromatic rings. The van der Waals surface area contributed by atoms with Crippen molar-refractivity contribution in [3.63, 3.8) is 0 Å². The summed E-state index contributed by atoms with van der Waals surface area (Å²) in [6.07, 6.45) is 1.38. The third kappa shape index (κ3) is 3.09. The smallest absolute Gasteiger partial charge is 0.118 e. The molecule has 4 atom stereocenters. The SMILES string of the molecule is CC[C@H]1O[C@H](Br)C(C)[C@H]1OCc1ccccc1. The first kappa shape index (κ1) is 13.1. The first-order valence-corrected chi connectivity index (χ1v) is 7.09. The molecule has 1 saturated heterocycles. The molecule has 0 radical (unpaired) electrons. The van der Waals surface area contributed by atoms with Crippen LogP contribution in [0.15, 0.2) is 30.3 Å². The molecule has 1 aliphatic rings. The maximum Gasteiger partial charge on any atom is 0.118 e. The third-order valence-electron chi connectivity index (χ3n) is 3.29. The van der Waals surface area contributed by atoms with Crippen LogP contribution >= 0.6 is 15.9 Å². The van der Waals surface area contributed by atoms with Crippen LogP contribution in [0.4, 0.5) is 0 Å². The van der Waals surface area contributed by atoms with Crippen LogP contribution in [-0.2, 0) is 16.1 Å². The topological polar surface area (TPSA) is 18.5 Å². The van der Waals surface area contributed by atoms with Gasteiger partial charge in [0.05, 0.1) is 18.8 Å². The fourth-order valence-corrected chi connectivity index (χ4v) is 2.79. The molecule has 0 spiro atoms. The van der Waals surface area contributed by atoms with Crippen LogP contribution < -0.4 is 0 Å². The summed E-state index contributed by atoms with van der Waals surface area (Å²) in [7, 11) is 0. The number of halogens is 1. The van der Waals surface area contributed by atoms with Crippen molar-refractivity contribution >= 4 is 15.9 Å². The number of benzene rings is 1. The molecule has 0 aromatic heterocycles. The number of hydrogen-bond acceptors (Lipinski definition) is 2. The zero-order chi connectivity index (χ0) is 12.3. The molecule has 94 valence electrons. The van der Waals surface area contributed by atoms with Crippen LogP contribution in [0.3, 0.4) is 0 Å². The lowest BCUT2D eigenvalue weighted by Gasteiger charge is -2.20. The normalized spacial score (nSPS) is 32.9. The summed E-state index contributed by atoms with van der Waals surface area (Å²) >= 11 is 3.55. The minimum Gasteiger partial charge on any atom is -0.370 e. The van der Waals surface area contributed by atoms with Gasteiger partial charge in [0.15, 0.2) is 0 Å². The van der Waals surface area contributed by atoms with E-state index >= 15 is 0 Å². The minimum absolute atomic E-state index is 0.119. The highest BCUT2D eigenvalue weighted by Gasteiger charge is 2.40. The maximum absolute atomic E-state index is 6.02. The average Bonchev–Trinajstić information content (AvgIpc) is 2.64. The van der Waals surface area contributed by atoms with E-state index in [-0.39, 0.29) is 17.2 Å². The molecule has 1 heterocycles. The van der Waals surface area contributed by atoms with E-state index in [0.717, 1.165) is 6.42 Å². The van der Waals surface area contributed by atoms with Gasteiger partial charge in [0.1, 0.15) is 5.01 Å². The van der Waals surface area contributed by atoms with Crippen molar-refractivity contribution in [3.05, 3.63) is 35.9 Å². The van der Waals surface area contributed by atoms with Crippen molar-refractivity contribution in [2.45, 2.75) is 44.1 Å². The molecule has 0 N–H and O–H groups in total. The zero-order valence-corrected chi connectivity index (χ0v) is 11.9. The molecule has 1 unspecified atom stereocenters. The summed E-state index contributed by atoms with van der Waals surface area (Å²) in [5, 5.41) is 0.119. The molecule has 2 rings (SSSR count). The van der Waals surface area contributed by atoms with Crippen LogP contribution in [0.2, 0.25) is 0 Å². The molecule has 2 nitrogen and oxygen atoms in total. The van der Waals surface area contributed by atoms with Gasteiger partial charge in [0.2, 0.25) is 0 Å². The van der Waals surface area contributed by atoms with Gasteiger partial charge in [-0.15, -0.1) is 0 Å². The monoisotopic (exact) mass is 298 g/mol. The van der Waals surface area contributed by atoms with E-state index in [9.17, 15) is 0 Å². The van der Waals surface area contributed by atoms with E-state index in [1.807, 2.05) is 18.2 Å². The fourth-order valence-electron chi connectivity index (χ4n) is 2.21. The van der Waals surface area contributed by atoms with E-state index in [2.05, 4.69) is 41.9 Å².